The predicted octanol–water partition coefficient (Wildman–Crippen LogP) is 5.20. The molecule has 0 aromatic heterocycles. The molecule has 1 aromatic carbocycles. The number of ketones is 1. The lowest BCUT2D eigenvalue weighted by Gasteiger charge is -2.16. The van der Waals surface area contributed by atoms with Gasteiger partial charge in [-0.25, -0.2) is 0 Å². The molecular weight excluding hydrogens is 303 g/mol. The van der Waals surface area contributed by atoms with Crippen LogP contribution in [0, 0.1) is 0 Å². The van der Waals surface area contributed by atoms with Gasteiger partial charge in [0.2, 0.25) is 0 Å². The Morgan fingerprint density at radius 2 is 1.87 bits per heavy atom. The minimum atomic E-state index is -4.45. The van der Waals surface area contributed by atoms with Gasteiger partial charge in [-0.2, -0.15) is 13.2 Å². The molecule has 0 aliphatic heterocycles. The molecular formula is C18H20F3NO. The van der Waals surface area contributed by atoms with E-state index < -0.39 is 11.7 Å². The fourth-order valence-corrected chi connectivity index (χ4v) is 2.17. The van der Waals surface area contributed by atoms with Gasteiger partial charge in [0, 0.05) is 17.8 Å². The SMILES string of the molecule is C=CC(=O)CCCc1ccccc1N/C(C)=C(/C=C)C(F)(F)F. The van der Waals surface area contributed by atoms with Gasteiger partial charge < -0.3 is 5.32 Å². The molecule has 1 N–H and O–H groups in total. The Hall–Kier alpha value is -2.30. The molecule has 0 unspecified atom stereocenters. The van der Waals surface area contributed by atoms with E-state index in [1.54, 1.807) is 12.1 Å². The Bertz CT molecular complexity index is 615. The highest BCUT2D eigenvalue weighted by molar-refractivity contribution is 5.88. The van der Waals surface area contributed by atoms with E-state index in [-0.39, 0.29) is 11.5 Å². The van der Waals surface area contributed by atoms with Crippen LogP contribution in [-0.2, 0) is 11.2 Å². The van der Waals surface area contributed by atoms with Crippen molar-refractivity contribution in [3.8, 4) is 0 Å². The van der Waals surface area contributed by atoms with E-state index in [1.807, 2.05) is 12.1 Å². The first-order valence-electron chi connectivity index (χ1n) is 7.20. The van der Waals surface area contributed by atoms with Crippen LogP contribution in [-0.4, -0.2) is 12.0 Å². The number of rotatable bonds is 8. The maximum Gasteiger partial charge on any atom is 0.418 e. The molecule has 0 atom stereocenters. The molecule has 0 fully saturated rings. The number of benzene rings is 1. The van der Waals surface area contributed by atoms with Crippen molar-refractivity contribution in [3.63, 3.8) is 0 Å². The summed E-state index contributed by atoms with van der Waals surface area (Å²) in [4.78, 5) is 11.2. The van der Waals surface area contributed by atoms with Crippen LogP contribution in [0.1, 0.15) is 25.3 Å². The third-order valence-electron chi connectivity index (χ3n) is 3.35. The van der Waals surface area contributed by atoms with Crippen molar-refractivity contribution in [2.75, 3.05) is 5.32 Å². The Balaban J connectivity index is 2.93. The lowest BCUT2D eigenvalue weighted by Crippen LogP contribution is -2.15. The van der Waals surface area contributed by atoms with Gasteiger partial charge in [0.15, 0.2) is 5.78 Å². The van der Waals surface area contributed by atoms with E-state index in [4.69, 9.17) is 0 Å². The number of halogens is 3. The molecule has 0 aliphatic rings. The van der Waals surface area contributed by atoms with Gasteiger partial charge in [-0.05, 0) is 37.5 Å². The summed E-state index contributed by atoms with van der Waals surface area (Å²) in [5.41, 5.74) is 0.644. The van der Waals surface area contributed by atoms with Crippen LogP contribution in [0.2, 0.25) is 0 Å². The summed E-state index contributed by atoms with van der Waals surface area (Å²) in [6, 6.07) is 7.10. The van der Waals surface area contributed by atoms with Gasteiger partial charge >= 0.3 is 6.18 Å². The zero-order valence-electron chi connectivity index (χ0n) is 13.0. The Kier molecular flexibility index (Phi) is 6.82. The first-order chi connectivity index (χ1) is 10.8. The highest BCUT2D eigenvalue weighted by Crippen LogP contribution is 2.30. The molecule has 1 rings (SSSR count). The van der Waals surface area contributed by atoms with Crippen molar-refractivity contribution < 1.29 is 18.0 Å². The number of carbonyl (C=O) groups is 1. The van der Waals surface area contributed by atoms with Crippen LogP contribution < -0.4 is 5.32 Å². The van der Waals surface area contributed by atoms with Crippen LogP contribution in [0.25, 0.3) is 0 Å². The monoisotopic (exact) mass is 323 g/mol. The Labute approximate surface area is 134 Å². The number of hydrogen-bond acceptors (Lipinski definition) is 2. The minimum Gasteiger partial charge on any atom is -0.358 e. The normalized spacial score (nSPS) is 12.3. The second kappa shape index (κ2) is 8.36. The minimum absolute atomic E-state index is 0.0119. The van der Waals surface area contributed by atoms with Gasteiger partial charge in [0.25, 0.3) is 0 Å². The molecule has 23 heavy (non-hydrogen) atoms. The molecule has 0 heterocycles. The number of carbonyl (C=O) groups excluding carboxylic acids is 1. The van der Waals surface area contributed by atoms with E-state index in [1.165, 1.54) is 13.0 Å². The summed E-state index contributed by atoms with van der Waals surface area (Å²) in [6.45, 7) is 8.00. The largest absolute Gasteiger partial charge is 0.418 e. The summed E-state index contributed by atoms with van der Waals surface area (Å²) in [5, 5.41) is 2.80. The molecule has 0 aliphatic carbocycles. The van der Waals surface area contributed by atoms with Crippen LogP contribution in [0.5, 0.6) is 0 Å². The van der Waals surface area contributed by atoms with Gasteiger partial charge in [-0.15, -0.1) is 0 Å². The van der Waals surface area contributed by atoms with Crippen molar-refractivity contribution in [2.45, 2.75) is 32.4 Å². The average Bonchev–Trinajstić information content (AvgIpc) is 2.48. The smallest absolute Gasteiger partial charge is 0.358 e. The van der Waals surface area contributed by atoms with Crippen LogP contribution in [0.3, 0.4) is 0 Å². The topological polar surface area (TPSA) is 29.1 Å². The molecule has 0 saturated carbocycles. The van der Waals surface area contributed by atoms with E-state index in [0.717, 1.165) is 11.6 Å². The molecule has 1 aromatic rings. The van der Waals surface area contributed by atoms with E-state index in [2.05, 4.69) is 18.5 Å². The highest BCUT2D eigenvalue weighted by Gasteiger charge is 2.33. The fraction of sp³-hybridized carbons (Fsp3) is 0.278. The van der Waals surface area contributed by atoms with E-state index >= 15 is 0 Å². The molecule has 0 saturated heterocycles. The third-order valence-corrected chi connectivity index (χ3v) is 3.35. The zero-order chi connectivity index (χ0) is 17.5. The maximum atomic E-state index is 12.9. The van der Waals surface area contributed by atoms with Crippen molar-refractivity contribution in [1.82, 2.24) is 0 Å². The second-order valence-electron chi connectivity index (χ2n) is 5.05. The van der Waals surface area contributed by atoms with Crippen LogP contribution >= 0.6 is 0 Å². The number of aryl methyl sites for hydroxylation is 1. The van der Waals surface area contributed by atoms with Crippen LogP contribution in [0.15, 0.2) is 60.8 Å². The van der Waals surface area contributed by atoms with Crippen molar-refractivity contribution in [1.29, 1.82) is 0 Å². The van der Waals surface area contributed by atoms with Crippen molar-refractivity contribution >= 4 is 11.5 Å². The van der Waals surface area contributed by atoms with Gasteiger partial charge in [0.1, 0.15) is 0 Å². The molecule has 0 radical (unpaired) electrons. The van der Waals surface area contributed by atoms with Gasteiger partial charge in [-0.1, -0.05) is 37.4 Å². The molecule has 124 valence electrons. The highest BCUT2D eigenvalue weighted by atomic mass is 19.4. The zero-order valence-corrected chi connectivity index (χ0v) is 13.0. The standard InChI is InChI=1S/C18H20F3NO/c1-4-15(23)11-8-10-14-9-6-7-12-17(14)22-13(3)16(5-2)18(19,20)21/h4-7,9,12,22H,1-2,8,10-11H2,3H3/b16-13-. The summed E-state index contributed by atoms with van der Waals surface area (Å²) < 4.78 is 38.7. The summed E-state index contributed by atoms with van der Waals surface area (Å²) in [5.74, 6) is -0.0440. The Morgan fingerprint density at radius 1 is 1.22 bits per heavy atom. The number of allylic oxidation sites excluding steroid dienone is 4. The number of nitrogens with one attached hydrogen (secondary N) is 1. The summed E-state index contributed by atoms with van der Waals surface area (Å²) in [7, 11) is 0. The fourth-order valence-electron chi connectivity index (χ4n) is 2.17. The van der Waals surface area contributed by atoms with Crippen LogP contribution in [0.4, 0.5) is 18.9 Å². The molecule has 2 nitrogen and oxygen atoms in total. The van der Waals surface area contributed by atoms with Crippen molar-refractivity contribution in [3.05, 3.63) is 66.4 Å². The third kappa shape index (κ3) is 5.77. The maximum absolute atomic E-state index is 12.9. The number of para-hydroxylation sites is 1. The molecule has 0 spiro atoms. The van der Waals surface area contributed by atoms with E-state index in [0.29, 0.717) is 24.9 Å². The molecule has 5 heteroatoms. The number of hydrogen-bond donors (Lipinski definition) is 1. The second-order valence-corrected chi connectivity index (χ2v) is 5.05. The number of alkyl halides is 3. The Morgan fingerprint density at radius 3 is 2.43 bits per heavy atom. The van der Waals surface area contributed by atoms with E-state index in [9.17, 15) is 18.0 Å². The number of anilines is 1. The average molecular weight is 323 g/mol. The van der Waals surface area contributed by atoms with Crippen molar-refractivity contribution in [2.24, 2.45) is 0 Å². The predicted molar refractivity (Wildman–Crippen MR) is 87.2 cm³/mol. The lowest BCUT2D eigenvalue weighted by molar-refractivity contribution is -0.114. The first kappa shape index (κ1) is 18.7. The van der Waals surface area contributed by atoms with Gasteiger partial charge in [0.05, 0.1) is 5.57 Å². The van der Waals surface area contributed by atoms with Gasteiger partial charge in [-0.3, -0.25) is 4.79 Å². The molecule has 0 bridgehead atoms. The summed E-state index contributed by atoms with van der Waals surface area (Å²) >= 11 is 0. The summed E-state index contributed by atoms with van der Waals surface area (Å²) in [6.07, 6.45) is -0.812. The first-order valence-corrected chi connectivity index (χ1v) is 7.20. The quantitative estimate of drug-likeness (QED) is 0.526. The molecule has 0 amide bonds. The lowest BCUT2D eigenvalue weighted by atomic mass is 10.0.